The number of hydrogen-bond donors (Lipinski definition) is 1. The van der Waals surface area contributed by atoms with Crippen LogP contribution in [0.4, 0.5) is 4.79 Å². The van der Waals surface area contributed by atoms with E-state index in [0.29, 0.717) is 44.6 Å². The van der Waals surface area contributed by atoms with Gasteiger partial charge in [0.1, 0.15) is 30.3 Å². The Bertz CT molecular complexity index is 1090. The Labute approximate surface area is 212 Å². The molecule has 0 radical (unpaired) electrons. The minimum Gasteiger partial charge on any atom is -0.497 e. The fraction of sp³-hybridized carbons (Fsp3) is 0.407. The Morgan fingerprint density at radius 3 is 2.28 bits per heavy atom. The lowest BCUT2D eigenvalue weighted by Gasteiger charge is -2.19. The summed E-state index contributed by atoms with van der Waals surface area (Å²) in [6, 6.07) is 17.2. The molecule has 0 aliphatic rings. The predicted octanol–water partition coefficient (Wildman–Crippen LogP) is 4.87. The van der Waals surface area contributed by atoms with E-state index in [9.17, 15) is 4.79 Å². The van der Waals surface area contributed by atoms with Gasteiger partial charge in [0.15, 0.2) is 0 Å². The topological polar surface area (TPSA) is 93.1 Å². The maximum absolute atomic E-state index is 11.7. The van der Waals surface area contributed by atoms with E-state index in [4.69, 9.17) is 23.7 Å². The number of amides is 1. The molecular formula is C27H35N3O6. The standard InChI is InChI=1S/C27H35N3O6/c1-6-33-17-18-35-25-19-24(30(29-25)21-9-13-22(32-5)14-10-21)20-7-11-23(12-8-20)34-16-15-28-26(31)36-27(2,3)4/h7-14,19H,6,15-18H2,1-5H3,(H,28,31). The summed E-state index contributed by atoms with van der Waals surface area (Å²) >= 11 is 0. The number of nitrogens with one attached hydrogen (secondary N) is 1. The molecule has 194 valence electrons. The Hall–Kier alpha value is -3.72. The second-order valence-electron chi connectivity index (χ2n) is 8.82. The number of benzene rings is 2. The minimum atomic E-state index is -0.534. The van der Waals surface area contributed by atoms with Crippen molar-refractivity contribution in [2.45, 2.75) is 33.3 Å². The van der Waals surface area contributed by atoms with Gasteiger partial charge in [-0.05, 0) is 76.2 Å². The summed E-state index contributed by atoms with van der Waals surface area (Å²) in [6.45, 7) is 9.61. The van der Waals surface area contributed by atoms with E-state index in [1.165, 1.54) is 0 Å². The first-order valence-electron chi connectivity index (χ1n) is 11.9. The van der Waals surface area contributed by atoms with Crippen molar-refractivity contribution in [1.29, 1.82) is 0 Å². The van der Waals surface area contributed by atoms with Crippen LogP contribution in [0.1, 0.15) is 27.7 Å². The number of carbonyl (C=O) groups is 1. The second kappa shape index (κ2) is 12.8. The molecular weight excluding hydrogens is 462 g/mol. The minimum absolute atomic E-state index is 0.320. The quantitative estimate of drug-likeness (QED) is 0.357. The Morgan fingerprint density at radius 2 is 1.64 bits per heavy atom. The molecule has 9 nitrogen and oxygen atoms in total. The smallest absolute Gasteiger partial charge is 0.407 e. The first-order valence-corrected chi connectivity index (χ1v) is 11.9. The largest absolute Gasteiger partial charge is 0.497 e. The van der Waals surface area contributed by atoms with Crippen molar-refractivity contribution in [3.8, 4) is 34.3 Å². The molecule has 0 aliphatic heterocycles. The van der Waals surface area contributed by atoms with Gasteiger partial charge in [-0.1, -0.05) is 0 Å². The Balaban J connectivity index is 1.68. The molecule has 0 aliphatic carbocycles. The third-order valence-corrected chi connectivity index (χ3v) is 4.87. The lowest BCUT2D eigenvalue weighted by Crippen LogP contribution is -2.34. The van der Waals surface area contributed by atoms with Crippen LogP contribution in [0.3, 0.4) is 0 Å². The van der Waals surface area contributed by atoms with Crippen LogP contribution in [0.25, 0.3) is 16.9 Å². The molecule has 1 N–H and O–H groups in total. The summed E-state index contributed by atoms with van der Waals surface area (Å²) in [5.74, 6) is 1.96. The van der Waals surface area contributed by atoms with Crippen molar-refractivity contribution in [1.82, 2.24) is 15.1 Å². The van der Waals surface area contributed by atoms with Crippen molar-refractivity contribution in [2.24, 2.45) is 0 Å². The number of alkyl carbamates (subject to hydrolysis) is 1. The molecule has 1 amide bonds. The molecule has 1 heterocycles. The molecule has 1 aromatic heterocycles. The number of nitrogens with zero attached hydrogens (tertiary/aromatic N) is 2. The number of ether oxygens (including phenoxy) is 5. The molecule has 9 heteroatoms. The van der Waals surface area contributed by atoms with Crippen LogP contribution in [0, 0.1) is 0 Å². The van der Waals surface area contributed by atoms with Gasteiger partial charge in [0.25, 0.3) is 0 Å². The Morgan fingerprint density at radius 1 is 0.944 bits per heavy atom. The van der Waals surface area contributed by atoms with Gasteiger partial charge in [-0.25, -0.2) is 9.48 Å². The molecule has 0 atom stereocenters. The summed E-state index contributed by atoms with van der Waals surface area (Å²) < 4.78 is 29.2. The predicted molar refractivity (Wildman–Crippen MR) is 137 cm³/mol. The van der Waals surface area contributed by atoms with Crippen LogP contribution in [0.5, 0.6) is 17.4 Å². The molecule has 0 bridgehead atoms. The van der Waals surface area contributed by atoms with Crippen molar-refractivity contribution in [3.63, 3.8) is 0 Å². The first kappa shape index (κ1) is 26.9. The average Bonchev–Trinajstić information content (AvgIpc) is 3.28. The van der Waals surface area contributed by atoms with E-state index in [1.807, 2.05) is 87.0 Å². The maximum atomic E-state index is 11.7. The molecule has 0 fully saturated rings. The van der Waals surface area contributed by atoms with Gasteiger partial charge in [-0.15, -0.1) is 5.10 Å². The zero-order valence-corrected chi connectivity index (χ0v) is 21.6. The van der Waals surface area contributed by atoms with E-state index in [0.717, 1.165) is 22.7 Å². The molecule has 36 heavy (non-hydrogen) atoms. The number of hydrogen-bond acceptors (Lipinski definition) is 7. The number of rotatable bonds is 12. The molecule has 2 aromatic carbocycles. The first-order chi connectivity index (χ1) is 17.3. The summed E-state index contributed by atoms with van der Waals surface area (Å²) in [5, 5.41) is 7.33. The van der Waals surface area contributed by atoms with Gasteiger partial charge >= 0.3 is 6.09 Å². The highest BCUT2D eigenvalue weighted by atomic mass is 16.6. The van der Waals surface area contributed by atoms with E-state index in [2.05, 4.69) is 10.4 Å². The van der Waals surface area contributed by atoms with Crippen molar-refractivity contribution in [3.05, 3.63) is 54.6 Å². The van der Waals surface area contributed by atoms with Gasteiger partial charge in [-0.3, -0.25) is 0 Å². The van der Waals surface area contributed by atoms with Crippen molar-refractivity contribution >= 4 is 6.09 Å². The van der Waals surface area contributed by atoms with Gasteiger partial charge in [-0.2, -0.15) is 0 Å². The highest BCUT2D eigenvalue weighted by molar-refractivity contribution is 5.67. The van der Waals surface area contributed by atoms with Crippen LogP contribution < -0.4 is 19.5 Å². The fourth-order valence-corrected chi connectivity index (χ4v) is 3.26. The number of aromatic nitrogens is 2. The molecule has 3 rings (SSSR count). The van der Waals surface area contributed by atoms with Crippen LogP contribution in [0.2, 0.25) is 0 Å². The summed E-state index contributed by atoms with van der Waals surface area (Å²) in [5.41, 5.74) is 2.15. The zero-order chi connectivity index (χ0) is 26.0. The highest BCUT2D eigenvalue weighted by Crippen LogP contribution is 2.29. The van der Waals surface area contributed by atoms with Gasteiger partial charge in [0.2, 0.25) is 5.88 Å². The molecule has 0 spiro atoms. The maximum Gasteiger partial charge on any atom is 0.407 e. The van der Waals surface area contributed by atoms with Gasteiger partial charge < -0.3 is 29.0 Å². The SMILES string of the molecule is CCOCCOc1cc(-c2ccc(OCCNC(=O)OC(C)(C)C)cc2)n(-c2ccc(OC)cc2)n1. The molecule has 3 aromatic rings. The van der Waals surface area contributed by atoms with Crippen molar-refractivity contribution in [2.75, 3.05) is 40.1 Å². The molecule has 0 saturated heterocycles. The fourth-order valence-electron chi connectivity index (χ4n) is 3.26. The van der Waals surface area contributed by atoms with E-state index < -0.39 is 11.7 Å². The van der Waals surface area contributed by atoms with Crippen LogP contribution >= 0.6 is 0 Å². The molecule has 0 saturated carbocycles. The lowest BCUT2D eigenvalue weighted by molar-refractivity contribution is 0.0520. The summed E-state index contributed by atoms with van der Waals surface area (Å²) in [6.07, 6.45) is -0.465. The van der Waals surface area contributed by atoms with E-state index in [1.54, 1.807) is 7.11 Å². The average molecular weight is 498 g/mol. The summed E-state index contributed by atoms with van der Waals surface area (Å²) in [7, 11) is 1.63. The summed E-state index contributed by atoms with van der Waals surface area (Å²) in [4.78, 5) is 11.7. The Kier molecular flexibility index (Phi) is 9.58. The van der Waals surface area contributed by atoms with Gasteiger partial charge in [0.05, 0.1) is 31.6 Å². The number of methoxy groups -OCH3 is 1. The molecule has 0 unspecified atom stereocenters. The normalized spacial score (nSPS) is 11.1. The number of carbonyl (C=O) groups excluding carboxylic acids is 1. The second-order valence-corrected chi connectivity index (χ2v) is 8.82. The zero-order valence-electron chi connectivity index (χ0n) is 21.6. The monoisotopic (exact) mass is 497 g/mol. The third kappa shape index (κ3) is 8.20. The lowest BCUT2D eigenvalue weighted by atomic mass is 10.1. The van der Waals surface area contributed by atoms with Gasteiger partial charge in [0, 0.05) is 18.2 Å². The van der Waals surface area contributed by atoms with E-state index in [-0.39, 0.29) is 0 Å². The van der Waals surface area contributed by atoms with Crippen molar-refractivity contribution < 1.29 is 28.5 Å². The highest BCUT2D eigenvalue weighted by Gasteiger charge is 2.16. The van der Waals surface area contributed by atoms with Crippen LogP contribution in [-0.2, 0) is 9.47 Å². The van der Waals surface area contributed by atoms with E-state index >= 15 is 0 Å². The third-order valence-electron chi connectivity index (χ3n) is 4.87. The van der Waals surface area contributed by atoms with Crippen LogP contribution in [-0.4, -0.2) is 61.6 Å². The van der Waals surface area contributed by atoms with Crippen LogP contribution in [0.15, 0.2) is 54.6 Å².